The normalized spacial score (nSPS) is 13.6. The summed E-state index contributed by atoms with van der Waals surface area (Å²) >= 11 is 0. The van der Waals surface area contributed by atoms with Gasteiger partial charge in [0.1, 0.15) is 11.6 Å². The first-order chi connectivity index (χ1) is 14.9. The summed E-state index contributed by atoms with van der Waals surface area (Å²) in [7, 11) is 0. The zero-order valence-corrected chi connectivity index (χ0v) is 19.5. The number of hydrogen-bond donors (Lipinski definition) is 1. The number of terminal acetylenes is 1. The predicted octanol–water partition coefficient (Wildman–Crippen LogP) is 7.33. The first-order valence-corrected chi connectivity index (χ1v) is 10.3. The van der Waals surface area contributed by atoms with Crippen LogP contribution in [0.1, 0.15) is 45.7 Å². The molecule has 31 heavy (non-hydrogen) atoms. The van der Waals surface area contributed by atoms with Crippen LogP contribution in [0.4, 0.5) is 0 Å². The van der Waals surface area contributed by atoms with Crippen LogP contribution in [0, 0.1) is 30.6 Å². The third-order valence-corrected chi connectivity index (χ3v) is 4.45. The standard InChI is InChI=1S/C29H32N2/c1-8-11-12-24(7)28(20-13-22(4)5)31-29(27(10-3)21-30)26(9-2)19-18-25-16-14-23(6)15-17-25/h3,8-9,11-20,31H,1-2,4-7H3/b11-8-,19-18+,24-12+,26-9-,28-20+,29-27-. The molecule has 2 nitrogen and oxygen atoms in total. The van der Waals surface area contributed by atoms with Gasteiger partial charge in [-0.25, -0.2) is 0 Å². The van der Waals surface area contributed by atoms with Crippen LogP contribution in [0.3, 0.4) is 0 Å². The summed E-state index contributed by atoms with van der Waals surface area (Å²) in [4.78, 5) is 0. The molecule has 0 saturated heterocycles. The molecule has 1 N–H and O–H groups in total. The molecule has 1 aromatic rings. The lowest BCUT2D eigenvalue weighted by Gasteiger charge is -2.16. The van der Waals surface area contributed by atoms with E-state index in [4.69, 9.17) is 6.42 Å². The molecule has 0 aromatic heterocycles. The van der Waals surface area contributed by atoms with Gasteiger partial charge < -0.3 is 5.32 Å². The highest BCUT2D eigenvalue weighted by atomic mass is 14.9. The molecule has 0 atom stereocenters. The number of nitrogens with zero attached hydrogens (tertiary/aromatic N) is 1. The van der Waals surface area contributed by atoms with Crippen molar-refractivity contribution in [3.8, 4) is 18.4 Å². The van der Waals surface area contributed by atoms with Gasteiger partial charge in [0.25, 0.3) is 0 Å². The van der Waals surface area contributed by atoms with E-state index in [1.807, 2.05) is 83.2 Å². The van der Waals surface area contributed by atoms with Crippen molar-refractivity contribution in [1.82, 2.24) is 5.32 Å². The Bertz CT molecular complexity index is 1030. The highest BCUT2D eigenvalue weighted by Gasteiger charge is 2.11. The molecule has 0 aliphatic rings. The number of benzene rings is 1. The van der Waals surface area contributed by atoms with Crippen LogP contribution in [0.25, 0.3) is 6.08 Å². The molecule has 0 unspecified atom stereocenters. The second kappa shape index (κ2) is 13.5. The van der Waals surface area contributed by atoms with Crippen molar-refractivity contribution in [2.24, 2.45) is 0 Å². The maximum atomic E-state index is 9.67. The van der Waals surface area contributed by atoms with Gasteiger partial charge in [-0.05, 0) is 64.3 Å². The summed E-state index contributed by atoms with van der Waals surface area (Å²) in [5.41, 5.74) is 7.07. The van der Waals surface area contributed by atoms with Gasteiger partial charge in [0, 0.05) is 5.70 Å². The van der Waals surface area contributed by atoms with Crippen molar-refractivity contribution in [3.63, 3.8) is 0 Å². The number of hydrogen-bond acceptors (Lipinski definition) is 2. The molecule has 1 rings (SSSR count). The van der Waals surface area contributed by atoms with Gasteiger partial charge in [0.2, 0.25) is 0 Å². The summed E-state index contributed by atoms with van der Waals surface area (Å²) in [6.07, 6.45) is 21.6. The Morgan fingerprint density at radius 1 is 1.03 bits per heavy atom. The molecule has 0 heterocycles. The summed E-state index contributed by atoms with van der Waals surface area (Å²) in [6.45, 7) is 12.1. The topological polar surface area (TPSA) is 35.8 Å². The molecule has 1 aromatic carbocycles. The second-order valence-electron chi connectivity index (χ2n) is 7.32. The van der Waals surface area contributed by atoms with E-state index in [1.54, 1.807) is 0 Å². The molecule has 2 heteroatoms. The number of nitriles is 1. The van der Waals surface area contributed by atoms with E-state index < -0.39 is 0 Å². The van der Waals surface area contributed by atoms with E-state index in [0.29, 0.717) is 5.70 Å². The van der Waals surface area contributed by atoms with Crippen molar-refractivity contribution >= 4 is 6.08 Å². The van der Waals surface area contributed by atoms with E-state index in [2.05, 4.69) is 48.5 Å². The van der Waals surface area contributed by atoms with Gasteiger partial charge in [-0.3, -0.25) is 0 Å². The Morgan fingerprint density at radius 2 is 1.71 bits per heavy atom. The quantitative estimate of drug-likeness (QED) is 0.278. The van der Waals surface area contributed by atoms with Crippen LogP contribution in [-0.4, -0.2) is 0 Å². The maximum Gasteiger partial charge on any atom is 0.126 e. The summed E-state index contributed by atoms with van der Waals surface area (Å²) in [5, 5.41) is 13.1. The van der Waals surface area contributed by atoms with Crippen molar-refractivity contribution in [1.29, 1.82) is 5.26 Å². The van der Waals surface area contributed by atoms with Gasteiger partial charge >= 0.3 is 0 Å². The summed E-state index contributed by atoms with van der Waals surface area (Å²) in [6, 6.07) is 10.4. The molecule has 0 fully saturated rings. The fourth-order valence-electron chi connectivity index (χ4n) is 2.61. The average Bonchev–Trinajstić information content (AvgIpc) is 2.76. The van der Waals surface area contributed by atoms with Crippen LogP contribution in [0.15, 0.2) is 100 Å². The van der Waals surface area contributed by atoms with Gasteiger partial charge in [-0.15, -0.1) is 6.42 Å². The van der Waals surface area contributed by atoms with Crippen LogP contribution in [0.2, 0.25) is 0 Å². The van der Waals surface area contributed by atoms with Crippen molar-refractivity contribution in [2.75, 3.05) is 0 Å². The molecular formula is C29H32N2. The summed E-state index contributed by atoms with van der Waals surface area (Å²) < 4.78 is 0. The van der Waals surface area contributed by atoms with Crippen LogP contribution in [-0.2, 0) is 0 Å². The minimum atomic E-state index is 0.253. The van der Waals surface area contributed by atoms with Gasteiger partial charge in [0.15, 0.2) is 0 Å². The molecule has 0 radical (unpaired) electrons. The third-order valence-electron chi connectivity index (χ3n) is 4.45. The van der Waals surface area contributed by atoms with E-state index in [-0.39, 0.29) is 5.57 Å². The fraction of sp³-hybridized carbons (Fsp3) is 0.207. The molecule has 0 aliphatic heterocycles. The first-order valence-electron chi connectivity index (χ1n) is 10.3. The smallest absolute Gasteiger partial charge is 0.126 e. The van der Waals surface area contributed by atoms with Gasteiger partial charge in [0.05, 0.1) is 5.70 Å². The Kier molecular flexibility index (Phi) is 11.0. The summed E-state index contributed by atoms with van der Waals surface area (Å²) in [5.74, 6) is 2.53. The highest BCUT2D eigenvalue weighted by Crippen LogP contribution is 2.20. The molecule has 0 aliphatic carbocycles. The van der Waals surface area contributed by atoms with E-state index in [9.17, 15) is 5.26 Å². The van der Waals surface area contributed by atoms with Gasteiger partial charge in [-0.2, -0.15) is 5.26 Å². The first kappa shape index (κ1) is 25.3. The lowest BCUT2D eigenvalue weighted by molar-refractivity contribution is 0.986. The number of allylic oxidation sites excluding steroid dienone is 10. The maximum absolute atomic E-state index is 9.67. The molecule has 0 saturated carbocycles. The largest absolute Gasteiger partial charge is 0.353 e. The molecule has 158 valence electrons. The van der Waals surface area contributed by atoms with Crippen LogP contribution < -0.4 is 5.32 Å². The highest BCUT2D eigenvalue weighted by molar-refractivity contribution is 5.61. The molecule has 0 amide bonds. The monoisotopic (exact) mass is 408 g/mol. The number of nitrogens with one attached hydrogen (secondary N) is 1. The van der Waals surface area contributed by atoms with E-state index in [1.165, 1.54) is 11.1 Å². The van der Waals surface area contributed by atoms with Crippen LogP contribution in [0.5, 0.6) is 0 Å². The molecule has 0 bridgehead atoms. The zero-order valence-electron chi connectivity index (χ0n) is 19.5. The fourth-order valence-corrected chi connectivity index (χ4v) is 2.61. The van der Waals surface area contributed by atoms with E-state index >= 15 is 0 Å². The SMILES string of the molecule is C#C\C(C#N)=C(NC(=C/C=C(C)C)/C(C)=C/C=C\C)/C(=C\C)/C=C/c1ccc(C)cc1. The van der Waals surface area contributed by atoms with Crippen molar-refractivity contribution in [3.05, 3.63) is 112 Å². The van der Waals surface area contributed by atoms with Crippen molar-refractivity contribution < 1.29 is 0 Å². The lowest BCUT2D eigenvalue weighted by Crippen LogP contribution is -2.17. The minimum Gasteiger partial charge on any atom is -0.353 e. The number of aryl methyl sites for hydroxylation is 1. The van der Waals surface area contributed by atoms with Crippen LogP contribution >= 0.6 is 0 Å². The number of rotatable bonds is 8. The minimum absolute atomic E-state index is 0.253. The van der Waals surface area contributed by atoms with Gasteiger partial charge in [-0.1, -0.05) is 83.9 Å². The predicted molar refractivity (Wildman–Crippen MR) is 135 cm³/mol. The Labute approximate surface area is 188 Å². The second-order valence-corrected chi connectivity index (χ2v) is 7.32. The Morgan fingerprint density at radius 3 is 2.23 bits per heavy atom. The lowest BCUT2D eigenvalue weighted by atomic mass is 10.0. The van der Waals surface area contributed by atoms with Crippen molar-refractivity contribution in [2.45, 2.75) is 41.5 Å². The third kappa shape index (κ3) is 8.65. The zero-order chi connectivity index (χ0) is 23.2. The Hall–Kier alpha value is -3.75. The average molecular weight is 409 g/mol. The molecular weight excluding hydrogens is 376 g/mol. The molecule has 0 spiro atoms. The Balaban J connectivity index is 3.49. The van der Waals surface area contributed by atoms with E-state index in [0.717, 1.165) is 22.4 Å².